The van der Waals surface area contributed by atoms with Gasteiger partial charge < -0.3 is 38.4 Å². The van der Waals surface area contributed by atoms with Gasteiger partial charge in [0.05, 0.1) is 13.7 Å². The first-order valence-electron chi connectivity index (χ1n) is 17.3. The van der Waals surface area contributed by atoms with Crippen molar-refractivity contribution in [3.8, 4) is 11.5 Å². The van der Waals surface area contributed by atoms with Crippen molar-refractivity contribution < 1.29 is 42.8 Å². The highest BCUT2D eigenvalue weighted by Crippen LogP contribution is 2.29. The number of halogens is 1. The van der Waals surface area contributed by atoms with Crippen molar-refractivity contribution in [1.82, 2.24) is 4.90 Å². The largest absolute Gasteiger partial charge is 1.00 e. The normalized spacial score (nSPS) is 10.7. The summed E-state index contributed by atoms with van der Waals surface area (Å²) in [6.45, 7) is 6.93. The zero-order valence-corrected chi connectivity index (χ0v) is 30.3. The molecular formula is C39H57IN2O3. The first-order valence-corrected chi connectivity index (χ1v) is 17.3. The van der Waals surface area contributed by atoms with Gasteiger partial charge in [-0.1, -0.05) is 121 Å². The zero-order valence-electron chi connectivity index (χ0n) is 28.2. The molecule has 0 aliphatic carbocycles. The highest BCUT2D eigenvalue weighted by molar-refractivity contribution is 5.94. The molecule has 2 aromatic carbocycles. The average molecular weight is 729 g/mol. The van der Waals surface area contributed by atoms with E-state index in [2.05, 4.69) is 30.7 Å². The van der Waals surface area contributed by atoms with Crippen molar-refractivity contribution >= 4 is 5.91 Å². The molecule has 1 aromatic heterocycles. The van der Waals surface area contributed by atoms with Crippen LogP contribution in [0.3, 0.4) is 0 Å². The van der Waals surface area contributed by atoms with Gasteiger partial charge in [0.25, 0.3) is 5.91 Å². The molecule has 6 heteroatoms. The SMILES string of the molecule is CCCCCCCCCCCCCCCCOc1ccc(CN(Cc2cccc[n+]2CC)C(=O)c2ccccc2)cc1OC.[I-]. The summed E-state index contributed by atoms with van der Waals surface area (Å²) >= 11 is 0. The van der Waals surface area contributed by atoms with Crippen LogP contribution in [-0.4, -0.2) is 24.5 Å². The second-order valence-electron chi connectivity index (χ2n) is 11.9. The first kappa shape index (κ1) is 38.6. The monoisotopic (exact) mass is 728 g/mol. The molecule has 0 fully saturated rings. The van der Waals surface area contributed by atoms with Crippen LogP contribution in [0.1, 0.15) is 125 Å². The summed E-state index contributed by atoms with van der Waals surface area (Å²) in [6.07, 6.45) is 20.9. The third-order valence-corrected chi connectivity index (χ3v) is 8.39. The summed E-state index contributed by atoms with van der Waals surface area (Å²) in [5.74, 6) is 1.48. The minimum Gasteiger partial charge on any atom is -1.00 e. The summed E-state index contributed by atoms with van der Waals surface area (Å²) in [5, 5.41) is 0. The number of benzene rings is 2. The number of aryl methyl sites for hydroxylation is 1. The Bertz CT molecular complexity index is 1200. The number of nitrogens with zero attached hydrogens (tertiary/aromatic N) is 2. The third kappa shape index (κ3) is 14.6. The molecule has 0 aliphatic rings. The van der Waals surface area contributed by atoms with Gasteiger partial charge in [-0.3, -0.25) is 4.79 Å². The lowest BCUT2D eigenvalue weighted by molar-refractivity contribution is -0.701. The Morgan fingerprint density at radius 2 is 1.29 bits per heavy atom. The van der Waals surface area contributed by atoms with Crippen molar-refractivity contribution in [2.75, 3.05) is 13.7 Å². The number of hydrogen-bond donors (Lipinski definition) is 0. The Kier molecular flexibility index (Phi) is 20.3. The van der Waals surface area contributed by atoms with E-state index in [1.807, 2.05) is 65.6 Å². The highest BCUT2D eigenvalue weighted by atomic mass is 127. The Hall–Kier alpha value is -2.61. The molecule has 1 amide bonds. The minimum absolute atomic E-state index is 0. The maximum atomic E-state index is 13.6. The molecule has 0 radical (unpaired) electrons. The van der Waals surface area contributed by atoms with Gasteiger partial charge in [0.1, 0.15) is 13.1 Å². The summed E-state index contributed by atoms with van der Waals surface area (Å²) in [6, 6.07) is 21.7. The number of hydrogen-bond acceptors (Lipinski definition) is 3. The van der Waals surface area contributed by atoms with Crippen molar-refractivity contribution in [1.29, 1.82) is 0 Å². The number of carbonyl (C=O) groups excluding carboxylic acids is 1. The molecular weight excluding hydrogens is 671 g/mol. The smallest absolute Gasteiger partial charge is 0.254 e. The topological polar surface area (TPSA) is 42.7 Å². The molecule has 248 valence electrons. The molecule has 0 spiro atoms. The van der Waals surface area contributed by atoms with E-state index in [0.29, 0.717) is 31.0 Å². The molecule has 0 saturated heterocycles. The van der Waals surface area contributed by atoms with Crippen LogP contribution >= 0.6 is 0 Å². The average Bonchev–Trinajstić information content (AvgIpc) is 3.06. The summed E-state index contributed by atoms with van der Waals surface area (Å²) in [4.78, 5) is 15.5. The van der Waals surface area contributed by atoms with Gasteiger partial charge in [-0.05, 0) is 43.2 Å². The number of unbranched alkanes of at least 4 members (excludes halogenated alkanes) is 13. The number of pyridine rings is 1. The predicted molar refractivity (Wildman–Crippen MR) is 181 cm³/mol. The van der Waals surface area contributed by atoms with Crippen LogP contribution in [0.15, 0.2) is 72.9 Å². The van der Waals surface area contributed by atoms with Crippen molar-refractivity contribution in [2.45, 2.75) is 123 Å². The second kappa shape index (κ2) is 23.7. The third-order valence-electron chi connectivity index (χ3n) is 8.39. The maximum absolute atomic E-state index is 13.6. The molecule has 3 rings (SSSR count). The number of ether oxygens (including phenoxy) is 2. The Morgan fingerprint density at radius 3 is 1.89 bits per heavy atom. The Morgan fingerprint density at radius 1 is 0.689 bits per heavy atom. The van der Waals surface area contributed by atoms with Crippen LogP contribution in [0.25, 0.3) is 0 Å². The van der Waals surface area contributed by atoms with E-state index in [4.69, 9.17) is 9.47 Å². The highest BCUT2D eigenvalue weighted by Gasteiger charge is 2.21. The van der Waals surface area contributed by atoms with E-state index in [1.165, 1.54) is 83.5 Å². The molecule has 0 bridgehead atoms. The van der Waals surface area contributed by atoms with Gasteiger partial charge in [-0.2, -0.15) is 0 Å². The van der Waals surface area contributed by atoms with E-state index < -0.39 is 0 Å². The van der Waals surface area contributed by atoms with Gasteiger partial charge in [-0.15, -0.1) is 0 Å². The van der Waals surface area contributed by atoms with Crippen LogP contribution in [0, 0.1) is 0 Å². The van der Waals surface area contributed by atoms with E-state index in [9.17, 15) is 4.79 Å². The molecule has 0 aliphatic heterocycles. The van der Waals surface area contributed by atoms with E-state index in [0.717, 1.165) is 30.0 Å². The molecule has 0 unspecified atom stereocenters. The van der Waals surface area contributed by atoms with Crippen molar-refractivity contribution in [3.63, 3.8) is 0 Å². The zero-order chi connectivity index (χ0) is 31.2. The van der Waals surface area contributed by atoms with E-state index in [-0.39, 0.29) is 29.9 Å². The number of rotatable bonds is 23. The van der Waals surface area contributed by atoms with Crippen LogP contribution in [0.2, 0.25) is 0 Å². The summed E-state index contributed by atoms with van der Waals surface area (Å²) in [5.41, 5.74) is 2.79. The Balaban J connectivity index is 0.00000705. The first-order chi connectivity index (χ1) is 21.7. The minimum atomic E-state index is 0. The molecule has 0 saturated carbocycles. The van der Waals surface area contributed by atoms with Crippen molar-refractivity contribution in [3.05, 3.63) is 89.7 Å². The summed E-state index contributed by atoms with van der Waals surface area (Å²) < 4.78 is 14.0. The van der Waals surface area contributed by atoms with Gasteiger partial charge in [0.2, 0.25) is 5.69 Å². The Labute approximate surface area is 290 Å². The fourth-order valence-electron chi connectivity index (χ4n) is 5.75. The lowest BCUT2D eigenvalue weighted by Gasteiger charge is -2.23. The second-order valence-corrected chi connectivity index (χ2v) is 11.9. The molecule has 3 aromatic rings. The lowest BCUT2D eigenvalue weighted by atomic mass is 10.0. The lowest BCUT2D eigenvalue weighted by Crippen LogP contribution is -3.00. The van der Waals surface area contributed by atoms with Crippen LogP contribution in [-0.2, 0) is 19.6 Å². The van der Waals surface area contributed by atoms with Gasteiger partial charge >= 0.3 is 0 Å². The van der Waals surface area contributed by atoms with Gasteiger partial charge in [0.15, 0.2) is 17.7 Å². The number of methoxy groups -OCH3 is 1. The van der Waals surface area contributed by atoms with Crippen LogP contribution < -0.4 is 38.0 Å². The fourth-order valence-corrected chi connectivity index (χ4v) is 5.75. The number of aromatic nitrogens is 1. The van der Waals surface area contributed by atoms with Gasteiger partial charge in [-0.25, -0.2) is 4.57 Å². The molecule has 45 heavy (non-hydrogen) atoms. The van der Waals surface area contributed by atoms with E-state index >= 15 is 0 Å². The number of amides is 1. The maximum Gasteiger partial charge on any atom is 0.254 e. The molecule has 0 N–H and O–H groups in total. The van der Waals surface area contributed by atoms with Crippen LogP contribution in [0.4, 0.5) is 0 Å². The molecule has 0 atom stereocenters. The number of carbonyl (C=O) groups is 1. The fraction of sp³-hybridized carbons (Fsp3) is 0.538. The molecule has 5 nitrogen and oxygen atoms in total. The summed E-state index contributed by atoms with van der Waals surface area (Å²) in [7, 11) is 1.68. The van der Waals surface area contributed by atoms with Crippen molar-refractivity contribution in [2.24, 2.45) is 0 Å². The molecule has 1 heterocycles. The predicted octanol–water partition coefficient (Wildman–Crippen LogP) is 6.71. The van der Waals surface area contributed by atoms with Crippen LogP contribution in [0.5, 0.6) is 11.5 Å². The standard InChI is InChI=1S/C39H57N2O3.HI/c1-4-6-7-8-9-10-11-12-13-14-15-16-17-23-30-44-37-28-27-34(31-38(37)43-3)32-41(39(42)35-24-19-18-20-25-35)33-36-26-21-22-29-40(36)5-2;/h18-22,24-29,31H,4-17,23,30,32-33H2,1-3H3;1H/q+1;/p-1. The van der Waals surface area contributed by atoms with E-state index in [1.54, 1.807) is 7.11 Å². The quantitative estimate of drug-likeness (QED) is 0.0620. The van der Waals surface area contributed by atoms with Gasteiger partial charge in [0, 0.05) is 24.2 Å².